The van der Waals surface area contributed by atoms with E-state index in [4.69, 9.17) is 33.2 Å². The average Bonchev–Trinajstić information content (AvgIpc) is 3.07. The average molecular weight is 727 g/mol. The molecular weight excluding hydrogens is 692 g/mol. The maximum Gasteiger partial charge on any atom is 0.310 e. The number of Topliss-reactive ketones (excluding diaryl/α,β-unsaturated/α-hetero) is 1. The van der Waals surface area contributed by atoms with Gasteiger partial charge in [0.25, 0.3) is 0 Å². The molecule has 0 spiro atoms. The van der Waals surface area contributed by atoms with Gasteiger partial charge in [0, 0.05) is 17.7 Å². The van der Waals surface area contributed by atoms with Gasteiger partial charge in [0.15, 0.2) is 23.0 Å². The van der Waals surface area contributed by atoms with E-state index in [-0.39, 0.29) is 11.3 Å². The van der Waals surface area contributed by atoms with Crippen LogP contribution >= 0.6 is 0 Å². The van der Waals surface area contributed by atoms with Crippen LogP contribution < -0.4 is 14.9 Å². The molecule has 2 aliphatic heterocycles. The number of phenols is 3. The fourth-order valence-corrected chi connectivity index (χ4v) is 5.36. The first-order chi connectivity index (χ1) is 24.1. The molecule has 2 saturated heterocycles. The van der Waals surface area contributed by atoms with Gasteiger partial charge in [-0.1, -0.05) is 0 Å². The molecule has 0 saturated carbocycles. The summed E-state index contributed by atoms with van der Waals surface area (Å²) in [6.45, 7) is -2.07. The van der Waals surface area contributed by atoms with Crippen molar-refractivity contribution in [3.05, 3.63) is 40.6 Å². The Hall–Kier alpha value is -4.61. The van der Waals surface area contributed by atoms with Crippen LogP contribution in [0.2, 0.25) is 0 Å². The zero-order valence-corrected chi connectivity index (χ0v) is 26.1. The number of carbonyl (C=O) groups excluding carboxylic acids is 1. The number of rotatable bonds is 12. The molecule has 0 aliphatic carbocycles. The first-order valence-electron chi connectivity index (χ1n) is 15.1. The third-order valence-corrected chi connectivity index (χ3v) is 8.04. The second kappa shape index (κ2) is 15.3. The molecule has 1 aromatic heterocycles. The number of aliphatic hydroxyl groups is 7. The van der Waals surface area contributed by atoms with Crippen LogP contribution in [0.5, 0.6) is 28.7 Å². The minimum atomic E-state index is -2.04. The third-order valence-electron chi connectivity index (χ3n) is 8.04. The van der Waals surface area contributed by atoms with Crippen molar-refractivity contribution in [3.63, 3.8) is 0 Å². The largest absolute Gasteiger partial charge is 0.507 e. The van der Waals surface area contributed by atoms with E-state index >= 15 is 0 Å². The van der Waals surface area contributed by atoms with Crippen LogP contribution in [0.25, 0.3) is 22.3 Å². The molecule has 10 atom stereocenters. The van der Waals surface area contributed by atoms with E-state index in [9.17, 15) is 65.4 Å². The van der Waals surface area contributed by atoms with E-state index in [1.54, 1.807) is 0 Å². The SMILES string of the molecule is O=C(O)CC(=O)COC[C@H]1O[C@@H](Oc2c(-c3ccc(O)c(O)c3)oc3cc(O[C@@H]4O[C@H](CO)[C@@H](O)[C@H](O)[C@H]4O)cc(O)c3c2=O)[C@H](O)[C@@H](O)[C@@H]1O. The zero-order valence-electron chi connectivity index (χ0n) is 26.1. The molecule has 11 N–H and O–H groups in total. The summed E-state index contributed by atoms with van der Waals surface area (Å²) < 4.78 is 33.1. The molecule has 0 unspecified atom stereocenters. The molecule has 20 nitrogen and oxygen atoms in total. The number of ketones is 1. The Morgan fingerprint density at radius 2 is 1.37 bits per heavy atom. The van der Waals surface area contributed by atoms with Gasteiger partial charge in [0.2, 0.25) is 23.8 Å². The van der Waals surface area contributed by atoms with Crippen LogP contribution in [0, 0.1) is 0 Å². The number of aliphatic hydroxyl groups excluding tert-OH is 7. The molecule has 5 rings (SSSR count). The van der Waals surface area contributed by atoms with Crippen LogP contribution in [-0.4, -0.2) is 149 Å². The van der Waals surface area contributed by atoms with Crippen molar-refractivity contribution >= 4 is 22.7 Å². The number of benzene rings is 2. The topological polar surface area (TPSA) is 333 Å². The van der Waals surface area contributed by atoms with E-state index in [0.29, 0.717) is 0 Å². The number of carbonyl (C=O) groups is 2. The Bertz CT molecular complexity index is 1810. The Labute approximate surface area is 285 Å². The van der Waals surface area contributed by atoms with E-state index in [1.165, 1.54) is 6.07 Å². The first-order valence-corrected chi connectivity index (χ1v) is 15.1. The number of aliphatic carboxylic acids is 1. The lowest BCUT2D eigenvalue weighted by molar-refractivity contribution is -0.279. The molecular formula is C31H34O20. The number of hydrogen-bond donors (Lipinski definition) is 11. The van der Waals surface area contributed by atoms with Crippen molar-refractivity contribution in [2.24, 2.45) is 0 Å². The van der Waals surface area contributed by atoms with Crippen molar-refractivity contribution in [1.82, 2.24) is 0 Å². The second-order valence-electron chi connectivity index (χ2n) is 11.7. The van der Waals surface area contributed by atoms with E-state index in [0.717, 1.165) is 24.3 Å². The van der Waals surface area contributed by atoms with Gasteiger partial charge in [0.05, 0.1) is 13.2 Å². The molecule has 0 radical (unpaired) electrons. The Morgan fingerprint density at radius 3 is 2.00 bits per heavy atom. The van der Waals surface area contributed by atoms with Gasteiger partial charge >= 0.3 is 5.97 Å². The van der Waals surface area contributed by atoms with Crippen LogP contribution in [0.4, 0.5) is 0 Å². The Kier molecular flexibility index (Phi) is 11.3. The highest BCUT2D eigenvalue weighted by Gasteiger charge is 2.47. The van der Waals surface area contributed by atoms with Gasteiger partial charge in [0.1, 0.15) is 84.3 Å². The van der Waals surface area contributed by atoms with Gasteiger partial charge in [-0.3, -0.25) is 14.4 Å². The van der Waals surface area contributed by atoms with Crippen LogP contribution in [0.15, 0.2) is 39.5 Å². The number of ether oxygens (including phenoxy) is 5. The number of phenolic OH excluding ortho intramolecular Hbond substituents is 3. The van der Waals surface area contributed by atoms with Crippen LogP contribution in [0.3, 0.4) is 0 Å². The normalized spacial score (nSPS) is 29.5. The maximum atomic E-state index is 13.9. The first kappa shape index (κ1) is 37.6. The van der Waals surface area contributed by atoms with Gasteiger partial charge in [-0.2, -0.15) is 0 Å². The third kappa shape index (κ3) is 7.84. The quantitative estimate of drug-likeness (QED) is 0.0654. The summed E-state index contributed by atoms with van der Waals surface area (Å²) in [6, 6.07) is 5.11. The summed E-state index contributed by atoms with van der Waals surface area (Å²) in [4.78, 5) is 36.4. The monoisotopic (exact) mass is 726 g/mol. The molecule has 0 amide bonds. The smallest absolute Gasteiger partial charge is 0.310 e. The van der Waals surface area contributed by atoms with Gasteiger partial charge in [-0.05, 0) is 18.2 Å². The fraction of sp³-hybridized carbons (Fsp3) is 0.452. The van der Waals surface area contributed by atoms with Crippen molar-refractivity contribution in [2.75, 3.05) is 19.8 Å². The minimum absolute atomic E-state index is 0.123. The maximum absolute atomic E-state index is 13.9. The number of fused-ring (bicyclic) bond motifs is 1. The van der Waals surface area contributed by atoms with Gasteiger partial charge < -0.3 is 84.3 Å². The zero-order chi connectivity index (χ0) is 37.3. The second-order valence-corrected chi connectivity index (χ2v) is 11.7. The standard InChI is InChI=1S/C31H34O20/c32-7-17-21(39)24(42)26(44)30(49-17)47-12-5-15(36)20-16(6-12)48-28(10-1-2-13(34)14(35)3-10)29(23(20)41)51-31-27(45)25(43)22(40)18(50-31)9-46-8-11(33)4-19(37)38/h1-3,5-6,17-18,21-22,24-27,30-32,34-36,39-40,42-45H,4,7-9H2,(H,37,38)/t17-,18-,21-,22-,24+,25+,26-,27-,30-,31+/m1/s1. The molecule has 3 heterocycles. The summed E-state index contributed by atoms with van der Waals surface area (Å²) in [6.07, 6.45) is -18.5. The summed E-state index contributed by atoms with van der Waals surface area (Å²) in [5.74, 6) is -5.86. The van der Waals surface area contributed by atoms with Crippen molar-refractivity contribution < 1.29 is 93.9 Å². The summed E-state index contributed by atoms with van der Waals surface area (Å²) in [5.41, 5.74) is -1.66. The highest BCUT2D eigenvalue weighted by molar-refractivity contribution is 5.95. The molecule has 51 heavy (non-hydrogen) atoms. The molecule has 278 valence electrons. The molecule has 2 aromatic carbocycles. The Morgan fingerprint density at radius 1 is 0.745 bits per heavy atom. The lowest BCUT2D eigenvalue weighted by Crippen LogP contribution is -2.60. The van der Waals surface area contributed by atoms with Crippen LogP contribution in [0.1, 0.15) is 6.42 Å². The summed E-state index contributed by atoms with van der Waals surface area (Å²) in [7, 11) is 0. The predicted molar refractivity (Wildman–Crippen MR) is 163 cm³/mol. The molecule has 0 bridgehead atoms. The number of hydrogen-bond acceptors (Lipinski definition) is 19. The molecule has 2 fully saturated rings. The Balaban J connectivity index is 1.51. The van der Waals surface area contributed by atoms with Crippen molar-refractivity contribution in [3.8, 4) is 40.1 Å². The number of carboxylic acids is 1. The van der Waals surface area contributed by atoms with E-state index < -0.39 is 145 Å². The van der Waals surface area contributed by atoms with Crippen LogP contribution in [-0.2, 0) is 23.8 Å². The lowest BCUT2D eigenvalue weighted by Gasteiger charge is -2.40. The van der Waals surface area contributed by atoms with E-state index in [2.05, 4.69) is 0 Å². The van der Waals surface area contributed by atoms with Gasteiger partial charge in [-0.15, -0.1) is 0 Å². The predicted octanol–water partition coefficient (Wildman–Crippen LogP) is -3.00. The summed E-state index contributed by atoms with van der Waals surface area (Å²) in [5, 5.41) is 111. The molecule has 2 aliphatic rings. The fourth-order valence-electron chi connectivity index (χ4n) is 5.36. The van der Waals surface area contributed by atoms with Crippen molar-refractivity contribution in [2.45, 2.75) is 67.8 Å². The van der Waals surface area contributed by atoms with Crippen molar-refractivity contribution in [1.29, 1.82) is 0 Å². The highest BCUT2D eigenvalue weighted by Crippen LogP contribution is 2.40. The molecule has 20 heteroatoms. The van der Waals surface area contributed by atoms with E-state index in [1.807, 2.05) is 0 Å². The lowest BCUT2D eigenvalue weighted by atomic mass is 9.99. The number of aromatic hydroxyl groups is 3. The highest BCUT2D eigenvalue weighted by atomic mass is 16.7. The summed E-state index contributed by atoms with van der Waals surface area (Å²) >= 11 is 0. The van der Waals surface area contributed by atoms with Gasteiger partial charge in [-0.25, -0.2) is 0 Å². The minimum Gasteiger partial charge on any atom is -0.507 e. The molecule has 3 aromatic rings. The number of carboxylic acid groups (broad SMARTS) is 1.